The van der Waals surface area contributed by atoms with Gasteiger partial charge in [0.05, 0.1) is 10.8 Å². The zero-order chi connectivity index (χ0) is 15.7. The lowest BCUT2D eigenvalue weighted by Gasteiger charge is -2.32. The highest BCUT2D eigenvalue weighted by molar-refractivity contribution is 7.89. The molecule has 118 valence electrons. The molecule has 0 aromatic heterocycles. The van der Waals surface area contributed by atoms with Gasteiger partial charge in [-0.3, -0.25) is 0 Å². The molecule has 0 saturated carbocycles. The lowest BCUT2D eigenvalue weighted by Crippen LogP contribution is -2.42. The van der Waals surface area contributed by atoms with E-state index in [1.165, 1.54) is 6.07 Å². The van der Waals surface area contributed by atoms with Crippen molar-refractivity contribution in [2.75, 3.05) is 13.1 Å². The molecule has 2 rings (SSSR count). The second-order valence-corrected chi connectivity index (χ2v) is 7.13. The summed E-state index contributed by atoms with van der Waals surface area (Å²) in [7, 11) is -3.79. The first kappa shape index (κ1) is 16.6. The van der Waals surface area contributed by atoms with Gasteiger partial charge in [-0.15, -0.1) is 11.6 Å². The summed E-state index contributed by atoms with van der Waals surface area (Å²) >= 11 is 5.73. The van der Waals surface area contributed by atoms with E-state index in [1.54, 1.807) is 18.2 Å². The predicted molar refractivity (Wildman–Crippen MR) is 73.5 cm³/mol. The van der Waals surface area contributed by atoms with Gasteiger partial charge in [0.15, 0.2) is 0 Å². The molecule has 1 heterocycles. The van der Waals surface area contributed by atoms with Crippen molar-refractivity contribution < 1.29 is 21.6 Å². The Bertz CT molecular complexity index is 596. The zero-order valence-electron chi connectivity index (χ0n) is 11.1. The maximum absolute atomic E-state index is 12.6. The zero-order valence-corrected chi connectivity index (χ0v) is 12.7. The summed E-state index contributed by atoms with van der Waals surface area (Å²) in [5.74, 6) is -1.39. The Balaban J connectivity index is 2.19. The van der Waals surface area contributed by atoms with Gasteiger partial charge < -0.3 is 0 Å². The van der Waals surface area contributed by atoms with E-state index in [1.807, 2.05) is 0 Å². The van der Waals surface area contributed by atoms with Crippen LogP contribution in [0.4, 0.5) is 13.2 Å². The molecular formula is C13H15ClF3NO2S. The fourth-order valence-corrected chi connectivity index (χ4v) is 4.43. The molecule has 21 heavy (non-hydrogen) atoms. The van der Waals surface area contributed by atoms with Crippen molar-refractivity contribution in [3.05, 3.63) is 29.8 Å². The van der Waals surface area contributed by atoms with E-state index >= 15 is 0 Å². The monoisotopic (exact) mass is 341 g/mol. The highest BCUT2D eigenvalue weighted by Gasteiger charge is 2.43. The fourth-order valence-electron chi connectivity index (χ4n) is 2.43. The van der Waals surface area contributed by atoms with Crippen LogP contribution in [0.1, 0.15) is 18.4 Å². The summed E-state index contributed by atoms with van der Waals surface area (Å²) in [6.07, 6.45) is -4.67. The molecule has 0 aliphatic carbocycles. The maximum Gasteiger partial charge on any atom is 0.391 e. The molecule has 1 aromatic rings. The third-order valence-corrected chi connectivity index (χ3v) is 5.94. The molecule has 0 bridgehead atoms. The number of hydrogen-bond donors (Lipinski definition) is 0. The molecule has 3 nitrogen and oxygen atoms in total. The van der Waals surface area contributed by atoms with Gasteiger partial charge in [0, 0.05) is 19.0 Å². The quantitative estimate of drug-likeness (QED) is 0.790. The first-order valence-corrected chi connectivity index (χ1v) is 8.45. The van der Waals surface area contributed by atoms with Crippen molar-refractivity contribution in [3.8, 4) is 0 Å². The second kappa shape index (κ2) is 6.14. The summed E-state index contributed by atoms with van der Waals surface area (Å²) in [5, 5.41) is 0. The van der Waals surface area contributed by atoms with Crippen LogP contribution in [0.25, 0.3) is 0 Å². The molecule has 0 spiro atoms. The summed E-state index contributed by atoms with van der Waals surface area (Å²) < 4.78 is 64.0. The van der Waals surface area contributed by atoms with Crippen LogP contribution in [-0.2, 0) is 15.9 Å². The number of halogens is 4. The van der Waals surface area contributed by atoms with Gasteiger partial charge in [0.25, 0.3) is 0 Å². The lowest BCUT2D eigenvalue weighted by molar-refractivity contribution is -0.182. The topological polar surface area (TPSA) is 37.4 Å². The van der Waals surface area contributed by atoms with Crippen LogP contribution in [0.15, 0.2) is 29.2 Å². The van der Waals surface area contributed by atoms with E-state index in [0.717, 1.165) is 4.31 Å². The average molecular weight is 342 g/mol. The maximum atomic E-state index is 12.6. The number of nitrogens with zero attached hydrogens (tertiary/aromatic N) is 1. The minimum absolute atomic E-state index is 0.0361. The molecule has 8 heteroatoms. The first-order chi connectivity index (χ1) is 9.76. The molecule has 0 atom stereocenters. The van der Waals surface area contributed by atoms with Crippen molar-refractivity contribution in [3.63, 3.8) is 0 Å². The molecule has 1 aromatic carbocycles. The number of hydrogen-bond acceptors (Lipinski definition) is 2. The molecule has 1 saturated heterocycles. The Morgan fingerprint density at radius 1 is 1.19 bits per heavy atom. The molecule has 0 radical (unpaired) electrons. The Labute approximate surface area is 126 Å². The number of sulfonamides is 1. The summed E-state index contributed by atoms with van der Waals surface area (Å²) in [4.78, 5) is 0.0745. The normalized spacial score (nSPS) is 18.9. The van der Waals surface area contributed by atoms with Crippen molar-refractivity contribution in [2.45, 2.75) is 29.8 Å². The third kappa shape index (κ3) is 3.52. The molecule has 0 amide bonds. The number of alkyl halides is 4. The standard InChI is InChI=1S/C13H15ClF3NO2S/c14-9-10-3-1-2-4-12(10)21(19,20)18-7-5-11(6-8-18)13(15,16)17/h1-4,11H,5-9H2. The minimum Gasteiger partial charge on any atom is -0.207 e. The van der Waals surface area contributed by atoms with Crippen LogP contribution in [-0.4, -0.2) is 32.0 Å². The van der Waals surface area contributed by atoms with E-state index in [0.29, 0.717) is 5.56 Å². The van der Waals surface area contributed by atoms with Crippen molar-refractivity contribution in [1.82, 2.24) is 4.31 Å². The highest BCUT2D eigenvalue weighted by Crippen LogP contribution is 2.35. The van der Waals surface area contributed by atoms with E-state index in [2.05, 4.69) is 0 Å². The van der Waals surface area contributed by atoms with Gasteiger partial charge in [0.2, 0.25) is 10.0 Å². The van der Waals surface area contributed by atoms with Crippen LogP contribution in [0.2, 0.25) is 0 Å². The van der Waals surface area contributed by atoms with Crippen molar-refractivity contribution in [2.24, 2.45) is 5.92 Å². The van der Waals surface area contributed by atoms with Gasteiger partial charge >= 0.3 is 6.18 Å². The lowest BCUT2D eigenvalue weighted by atomic mass is 9.98. The predicted octanol–water partition coefficient (Wildman–Crippen LogP) is 3.39. The van der Waals surface area contributed by atoms with Gasteiger partial charge in [-0.05, 0) is 24.5 Å². The molecule has 1 aliphatic rings. The van der Waals surface area contributed by atoms with Gasteiger partial charge in [-0.2, -0.15) is 17.5 Å². The fraction of sp³-hybridized carbons (Fsp3) is 0.538. The Morgan fingerprint density at radius 2 is 1.76 bits per heavy atom. The number of piperidine rings is 1. The molecule has 1 aliphatic heterocycles. The van der Waals surface area contributed by atoms with E-state index in [4.69, 9.17) is 11.6 Å². The van der Waals surface area contributed by atoms with Gasteiger partial charge in [0.1, 0.15) is 0 Å². The molecular weight excluding hydrogens is 327 g/mol. The van der Waals surface area contributed by atoms with Crippen molar-refractivity contribution in [1.29, 1.82) is 0 Å². The number of rotatable bonds is 3. The summed E-state index contributed by atoms with van der Waals surface area (Å²) in [6, 6.07) is 6.28. The molecule has 0 unspecified atom stereocenters. The smallest absolute Gasteiger partial charge is 0.207 e. The average Bonchev–Trinajstić information content (AvgIpc) is 2.46. The van der Waals surface area contributed by atoms with Gasteiger partial charge in [-0.25, -0.2) is 8.42 Å². The minimum atomic E-state index is -4.26. The van der Waals surface area contributed by atoms with E-state index in [9.17, 15) is 21.6 Å². The van der Waals surface area contributed by atoms with Crippen LogP contribution in [0.5, 0.6) is 0 Å². The van der Waals surface area contributed by atoms with Gasteiger partial charge in [-0.1, -0.05) is 18.2 Å². The molecule has 1 fully saturated rings. The second-order valence-electron chi connectivity index (χ2n) is 4.96. The summed E-state index contributed by atoms with van der Waals surface area (Å²) in [6.45, 7) is -0.244. The van der Waals surface area contributed by atoms with Crippen LogP contribution in [0.3, 0.4) is 0 Å². The first-order valence-electron chi connectivity index (χ1n) is 6.47. The Morgan fingerprint density at radius 3 is 2.29 bits per heavy atom. The van der Waals surface area contributed by atoms with E-state index in [-0.39, 0.29) is 36.7 Å². The SMILES string of the molecule is O=S(=O)(c1ccccc1CCl)N1CCC(C(F)(F)F)CC1. The van der Waals surface area contributed by atoms with Crippen LogP contribution < -0.4 is 0 Å². The third-order valence-electron chi connectivity index (χ3n) is 3.65. The summed E-state index contributed by atoms with van der Waals surface area (Å²) in [5.41, 5.74) is 0.456. The van der Waals surface area contributed by atoms with E-state index < -0.39 is 22.1 Å². The van der Waals surface area contributed by atoms with Crippen LogP contribution in [0, 0.1) is 5.92 Å². The Hall–Kier alpha value is -0.790. The number of benzene rings is 1. The Kier molecular flexibility index (Phi) is 4.85. The highest BCUT2D eigenvalue weighted by atomic mass is 35.5. The largest absolute Gasteiger partial charge is 0.391 e. The van der Waals surface area contributed by atoms with Crippen LogP contribution >= 0.6 is 11.6 Å². The molecule has 0 N–H and O–H groups in total. The van der Waals surface area contributed by atoms with Crippen molar-refractivity contribution >= 4 is 21.6 Å².